The fourth-order valence-electron chi connectivity index (χ4n) is 5.04. The second-order valence-corrected chi connectivity index (χ2v) is 10.9. The van der Waals surface area contributed by atoms with E-state index in [1.54, 1.807) is 13.8 Å². The van der Waals surface area contributed by atoms with E-state index < -0.39 is 29.8 Å². The molecule has 0 aromatic heterocycles. The van der Waals surface area contributed by atoms with Gasteiger partial charge in [-0.15, -0.1) is 0 Å². The molecule has 43 heavy (non-hydrogen) atoms. The number of rotatable bonds is 11. The maximum Gasteiger partial charge on any atom is 0.148 e. The minimum Gasteiger partial charge on any atom is -0.394 e. The predicted molar refractivity (Wildman–Crippen MR) is 170 cm³/mol. The normalized spacial score (nSPS) is 20.1. The maximum atomic E-state index is 11.6. The highest BCUT2D eigenvalue weighted by molar-refractivity contribution is 5.59. The zero-order valence-corrected chi connectivity index (χ0v) is 25.6. The van der Waals surface area contributed by atoms with Crippen molar-refractivity contribution in [3.8, 4) is 11.8 Å². The number of hydrogen-bond acceptors (Lipinski definition) is 8. The SMILES string of the molecule is CNCCCN(C)c1ccccc1.C[C@@H](O)[C@H]1[C@@H](CO)ON(Cc2cccc(C#CC(C)(O)c3ccccc3)c2)[C@H]1C=O. The van der Waals surface area contributed by atoms with E-state index in [0.29, 0.717) is 12.1 Å². The van der Waals surface area contributed by atoms with Gasteiger partial charge < -0.3 is 30.3 Å². The molecule has 1 aliphatic heterocycles. The molecule has 1 fully saturated rings. The Hall–Kier alpha value is -3.55. The summed E-state index contributed by atoms with van der Waals surface area (Å²) in [4.78, 5) is 19.6. The topological polar surface area (TPSA) is 106 Å². The first-order chi connectivity index (χ1) is 20.7. The zero-order valence-electron chi connectivity index (χ0n) is 25.6. The maximum absolute atomic E-state index is 11.6. The van der Waals surface area contributed by atoms with Crippen molar-refractivity contribution < 1.29 is 25.0 Å². The Morgan fingerprint density at radius 1 is 1.09 bits per heavy atom. The summed E-state index contributed by atoms with van der Waals surface area (Å²) in [5, 5.41) is 34.9. The Morgan fingerprint density at radius 2 is 1.77 bits per heavy atom. The second-order valence-electron chi connectivity index (χ2n) is 10.9. The number of aliphatic hydroxyl groups is 3. The minimum atomic E-state index is -1.28. The van der Waals surface area contributed by atoms with Crippen LogP contribution in [0, 0.1) is 17.8 Å². The molecule has 230 valence electrons. The summed E-state index contributed by atoms with van der Waals surface area (Å²) in [5.74, 6) is 5.42. The van der Waals surface area contributed by atoms with Gasteiger partial charge in [-0.2, -0.15) is 5.06 Å². The van der Waals surface area contributed by atoms with Gasteiger partial charge in [0.25, 0.3) is 0 Å². The molecule has 5 atom stereocenters. The molecule has 1 heterocycles. The van der Waals surface area contributed by atoms with Crippen LogP contribution in [0.1, 0.15) is 37.0 Å². The van der Waals surface area contributed by atoms with E-state index in [1.165, 1.54) is 17.2 Å². The highest BCUT2D eigenvalue weighted by Gasteiger charge is 2.45. The molecule has 0 radical (unpaired) electrons. The lowest BCUT2D eigenvalue weighted by molar-refractivity contribution is -0.177. The number of nitrogens with zero attached hydrogens (tertiary/aromatic N) is 2. The molecule has 1 unspecified atom stereocenters. The molecule has 8 heteroatoms. The summed E-state index contributed by atoms with van der Waals surface area (Å²) in [7, 11) is 4.12. The van der Waals surface area contributed by atoms with Crippen molar-refractivity contribution in [2.24, 2.45) is 5.92 Å². The van der Waals surface area contributed by atoms with Crippen molar-refractivity contribution in [3.05, 3.63) is 102 Å². The Morgan fingerprint density at radius 3 is 2.37 bits per heavy atom. The van der Waals surface area contributed by atoms with Crippen LogP contribution < -0.4 is 10.2 Å². The quantitative estimate of drug-likeness (QED) is 0.154. The Kier molecular flexibility index (Phi) is 13.4. The summed E-state index contributed by atoms with van der Waals surface area (Å²) in [6, 6.07) is 26.5. The van der Waals surface area contributed by atoms with Crippen LogP contribution in [0.25, 0.3) is 0 Å². The molecular weight excluding hydrogens is 542 g/mol. The first kappa shape index (κ1) is 33.9. The van der Waals surface area contributed by atoms with Gasteiger partial charge in [-0.25, -0.2) is 0 Å². The van der Waals surface area contributed by atoms with Crippen LogP contribution >= 0.6 is 0 Å². The lowest BCUT2D eigenvalue weighted by Gasteiger charge is -2.22. The molecule has 1 saturated heterocycles. The van der Waals surface area contributed by atoms with Crippen molar-refractivity contribution in [2.45, 2.75) is 50.7 Å². The molecular formula is C35H45N3O5. The van der Waals surface area contributed by atoms with Crippen LogP contribution in [0.3, 0.4) is 0 Å². The highest BCUT2D eigenvalue weighted by Crippen LogP contribution is 2.31. The van der Waals surface area contributed by atoms with Gasteiger partial charge in [0.2, 0.25) is 0 Å². The first-order valence-electron chi connectivity index (χ1n) is 14.7. The van der Waals surface area contributed by atoms with Crippen LogP contribution in [0.2, 0.25) is 0 Å². The summed E-state index contributed by atoms with van der Waals surface area (Å²) >= 11 is 0. The Bertz CT molecular complexity index is 1310. The van der Waals surface area contributed by atoms with Gasteiger partial charge in [0.05, 0.1) is 18.8 Å². The van der Waals surface area contributed by atoms with Gasteiger partial charge in [-0.05, 0) is 69.3 Å². The molecule has 0 amide bonds. The summed E-state index contributed by atoms with van der Waals surface area (Å²) in [6.07, 6.45) is 0.499. The number of benzene rings is 3. The van der Waals surface area contributed by atoms with Crippen LogP contribution in [0.4, 0.5) is 5.69 Å². The lowest BCUT2D eigenvalue weighted by atomic mass is 9.91. The minimum absolute atomic E-state index is 0.281. The van der Waals surface area contributed by atoms with E-state index in [9.17, 15) is 20.1 Å². The molecule has 0 saturated carbocycles. The van der Waals surface area contributed by atoms with Crippen LogP contribution in [-0.4, -0.2) is 78.7 Å². The van der Waals surface area contributed by atoms with Crippen molar-refractivity contribution in [1.82, 2.24) is 10.4 Å². The van der Waals surface area contributed by atoms with Gasteiger partial charge in [-0.1, -0.05) is 72.5 Å². The molecule has 0 aliphatic carbocycles. The van der Waals surface area contributed by atoms with Crippen LogP contribution in [0.5, 0.6) is 0 Å². The number of carbonyl (C=O) groups excluding carboxylic acids is 1. The number of anilines is 1. The average molecular weight is 588 g/mol. The van der Waals surface area contributed by atoms with Gasteiger partial charge >= 0.3 is 0 Å². The highest BCUT2D eigenvalue weighted by atomic mass is 16.7. The smallest absolute Gasteiger partial charge is 0.148 e. The van der Waals surface area contributed by atoms with Crippen molar-refractivity contribution >= 4 is 12.0 Å². The van der Waals surface area contributed by atoms with Gasteiger partial charge in [0.15, 0.2) is 0 Å². The molecule has 0 spiro atoms. The van der Waals surface area contributed by atoms with E-state index in [0.717, 1.165) is 30.5 Å². The number of hydrogen-bond donors (Lipinski definition) is 4. The summed E-state index contributed by atoms with van der Waals surface area (Å²) < 4.78 is 0. The lowest BCUT2D eigenvalue weighted by Crippen LogP contribution is -2.39. The van der Waals surface area contributed by atoms with E-state index in [2.05, 4.69) is 53.4 Å². The average Bonchev–Trinajstić information content (AvgIpc) is 3.39. The molecule has 3 aromatic rings. The molecule has 4 rings (SSSR count). The fraction of sp³-hybridized carbons (Fsp3) is 0.400. The van der Waals surface area contributed by atoms with Crippen molar-refractivity contribution in [1.29, 1.82) is 0 Å². The van der Waals surface area contributed by atoms with Gasteiger partial charge in [0, 0.05) is 37.3 Å². The summed E-state index contributed by atoms with van der Waals surface area (Å²) in [6.45, 7) is 5.44. The molecule has 0 bridgehead atoms. The fourth-order valence-corrected chi connectivity index (χ4v) is 5.04. The molecule has 1 aliphatic rings. The van der Waals surface area contributed by atoms with Crippen LogP contribution in [0.15, 0.2) is 84.9 Å². The van der Waals surface area contributed by atoms with E-state index in [-0.39, 0.29) is 6.61 Å². The van der Waals surface area contributed by atoms with E-state index in [4.69, 9.17) is 4.84 Å². The predicted octanol–water partition coefficient (Wildman–Crippen LogP) is 3.35. The number of aldehydes is 1. The molecule has 8 nitrogen and oxygen atoms in total. The van der Waals surface area contributed by atoms with Crippen LogP contribution in [-0.2, 0) is 21.8 Å². The third-order valence-electron chi connectivity index (χ3n) is 7.47. The number of aliphatic hydroxyl groups excluding tert-OH is 2. The van der Waals surface area contributed by atoms with Crippen molar-refractivity contribution in [3.63, 3.8) is 0 Å². The van der Waals surface area contributed by atoms with Gasteiger partial charge in [0.1, 0.15) is 18.0 Å². The third-order valence-corrected chi connectivity index (χ3v) is 7.47. The number of nitrogens with one attached hydrogen (secondary N) is 1. The standard InChI is InChI=1S/C24H27NO5.C11H18N2/c1-17(28)23-21(15-26)25(30-22(23)16-27)14-19-8-6-7-18(13-19)11-12-24(2,29)20-9-4-3-5-10-20;1-12-9-6-10-13(2)11-7-4-3-5-8-11/h3-10,13,15,17,21-23,27-29H,14,16H2,1-2H3;3-5,7-8,12H,6,9-10H2,1-2H3/t17-,21+,22-,23-,24?;/m1./s1. The second kappa shape index (κ2) is 16.9. The Labute approximate surface area is 255 Å². The third kappa shape index (κ3) is 10.0. The number of para-hydroxylation sites is 1. The largest absolute Gasteiger partial charge is 0.394 e. The van der Waals surface area contributed by atoms with E-state index in [1.807, 2.05) is 67.7 Å². The number of hydroxylamine groups is 2. The molecule has 3 aromatic carbocycles. The van der Waals surface area contributed by atoms with E-state index >= 15 is 0 Å². The molecule has 4 N–H and O–H groups in total. The zero-order chi connectivity index (χ0) is 31.2. The van der Waals surface area contributed by atoms with Crippen molar-refractivity contribution in [2.75, 3.05) is 38.7 Å². The van der Waals surface area contributed by atoms with Gasteiger partial charge in [-0.3, -0.25) is 4.84 Å². The monoisotopic (exact) mass is 587 g/mol. The number of carbonyl (C=O) groups is 1. The summed E-state index contributed by atoms with van der Waals surface area (Å²) in [5.41, 5.74) is 2.30. The Balaban J connectivity index is 0.000000326. The first-order valence-corrected chi connectivity index (χ1v) is 14.7.